The number of hydrogen-bond acceptors (Lipinski definition) is 2. The fourth-order valence-corrected chi connectivity index (χ4v) is 3.84. The Morgan fingerprint density at radius 1 is 0.950 bits per heavy atom. The molecule has 0 bridgehead atoms. The summed E-state index contributed by atoms with van der Waals surface area (Å²) < 4.78 is 6.08. The van der Waals surface area contributed by atoms with Gasteiger partial charge in [-0.2, -0.15) is 0 Å². The Morgan fingerprint density at radius 2 is 1.55 bits per heavy atom. The van der Waals surface area contributed by atoms with Gasteiger partial charge in [-0.15, -0.1) is 0 Å². The SMILES string of the molecule is CCC1CCC(CN2CCC(OC(C)CC)CC2)CC1. The first-order chi connectivity index (χ1) is 9.71. The lowest BCUT2D eigenvalue weighted by Crippen LogP contribution is -2.41. The van der Waals surface area contributed by atoms with E-state index in [-0.39, 0.29) is 0 Å². The van der Waals surface area contributed by atoms with Gasteiger partial charge < -0.3 is 9.64 Å². The number of ether oxygens (including phenoxy) is 1. The first kappa shape index (κ1) is 16.3. The van der Waals surface area contributed by atoms with Crippen molar-refractivity contribution in [2.45, 2.75) is 84.3 Å². The Kier molecular flexibility index (Phi) is 6.83. The van der Waals surface area contributed by atoms with Gasteiger partial charge >= 0.3 is 0 Å². The molecule has 0 aromatic heterocycles. The predicted molar refractivity (Wildman–Crippen MR) is 86.0 cm³/mol. The Balaban J connectivity index is 1.62. The van der Waals surface area contributed by atoms with Crippen LogP contribution in [-0.4, -0.2) is 36.7 Å². The number of nitrogens with zero attached hydrogens (tertiary/aromatic N) is 1. The normalized spacial score (nSPS) is 31.4. The Hall–Kier alpha value is -0.0800. The highest BCUT2D eigenvalue weighted by atomic mass is 16.5. The average Bonchev–Trinajstić information content (AvgIpc) is 2.50. The molecule has 1 saturated carbocycles. The lowest BCUT2D eigenvalue weighted by Gasteiger charge is -2.37. The van der Waals surface area contributed by atoms with Crippen LogP contribution in [0.5, 0.6) is 0 Å². The van der Waals surface area contributed by atoms with Crippen molar-refractivity contribution in [3.63, 3.8) is 0 Å². The Morgan fingerprint density at radius 3 is 2.10 bits per heavy atom. The molecule has 1 saturated heterocycles. The highest BCUT2D eigenvalue weighted by Gasteiger charge is 2.25. The van der Waals surface area contributed by atoms with E-state index in [0.717, 1.165) is 18.3 Å². The molecule has 1 unspecified atom stereocenters. The first-order valence-electron chi connectivity index (χ1n) is 9.09. The quantitative estimate of drug-likeness (QED) is 0.711. The van der Waals surface area contributed by atoms with E-state index in [9.17, 15) is 0 Å². The van der Waals surface area contributed by atoms with E-state index in [0.29, 0.717) is 12.2 Å². The first-order valence-corrected chi connectivity index (χ1v) is 9.09. The van der Waals surface area contributed by atoms with Gasteiger partial charge in [-0.25, -0.2) is 0 Å². The number of piperidine rings is 1. The molecule has 1 aliphatic heterocycles. The van der Waals surface area contributed by atoms with E-state index < -0.39 is 0 Å². The summed E-state index contributed by atoms with van der Waals surface area (Å²) in [6.45, 7) is 10.6. The molecule has 2 nitrogen and oxygen atoms in total. The van der Waals surface area contributed by atoms with Crippen LogP contribution in [0.4, 0.5) is 0 Å². The van der Waals surface area contributed by atoms with Crippen LogP contribution in [-0.2, 0) is 4.74 Å². The molecule has 0 spiro atoms. The summed E-state index contributed by atoms with van der Waals surface area (Å²) in [5.74, 6) is 2.01. The minimum atomic E-state index is 0.441. The van der Waals surface area contributed by atoms with Crippen LogP contribution in [0, 0.1) is 11.8 Å². The molecule has 1 atom stereocenters. The smallest absolute Gasteiger partial charge is 0.0603 e. The van der Waals surface area contributed by atoms with Gasteiger partial charge in [0.2, 0.25) is 0 Å². The molecule has 2 fully saturated rings. The van der Waals surface area contributed by atoms with E-state index >= 15 is 0 Å². The molecule has 1 aliphatic carbocycles. The lowest BCUT2D eigenvalue weighted by atomic mass is 9.80. The maximum absolute atomic E-state index is 6.08. The summed E-state index contributed by atoms with van der Waals surface area (Å²) in [7, 11) is 0. The maximum atomic E-state index is 6.08. The molecular formula is C18H35NO. The monoisotopic (exact) mass is 281 g/mol. The Bertz CT molecular complexity index is 252. The summed E-state index contributed by atoms with van der Waals surface area (Å²) >= 11 is 0. The largest absolute Gasteiger partial charge is 0.375 e. The molecule has 118 valence electrons. The second kappa shape index (κ2) is 8.38. The van der Waals surface area contributed by atoms with E-state index in [1.54, 1.807) is 0 Å². The highest BCUT2D eigenvalue weighted by Crippen LogP contribution is 2.31. The van der Waals surface area contributed by atoms with Crippen molar-refractivity contribution < 1.29 is 4.74 Å². The minimum Gasteiger partial charge on any atom is -0.375 e. The van der Waals surface area contributed by atoms with Gasteiger partial charge in [-0.1, -0.05) is 33.1 Å². The van der Waals surface area contributed by atoms with E-state index in [1.165, 1.54) is 64.6 Å². The Labute approximate surface area is 126 Å². The molecule has 0 amide bonds. The summed E-state index contributed by atoms with van der Waals surface area (Å²) in [5.41, 5.74) is 0. The molecule has 2 rings (SSSR count). The zero-order chi connectivity index (χ0) is 14.4. The third-order valence-electron chi connectivity index (χ3n) is 5.59. The second-order valence-corrected chi connectivity index (χ2v) is 7.15. The van der Waals surface area contributed by atoms with Crippen LogP contribution in [0.25, 0.3) is 0 Å². The van der Waals surface area contributed by atoms with Crippen LogP contribution in [0.15, 0.2) is 0 Å². The van der Waals surface area contributed by atoms with E-state index in [2.05, 4.69) is 25.7 Å². The molecule has 20 heavy (non-hydrogen) atoms. The van der Waals surface area contributed by atoms with Crippen LogP contribution < -0.4 is 0 Å². The van der Waals surface area contributed by atoms with Crippen LogP contribution in [0.3, 0.4) is 0 Å². The minimum absolute atomic E-state index is 0.441. The van der Waals surface area contributed by atoms with Crippen LogP contribution in [0.1, 0.15) is 72.1 Å². The van der Waals surface area contributed by atoms with Gasteiger partial charge in [-0.05, 0) is 50.9 Å². The van der Waals surface area contributed by atoms with Gasteiger partial charge in [0.05, 0.1) is 12.2 Å². The molecule has 2 heteroatoms. The predicted octanol–water partition coefficient (Wildman–Crippen LogP) is 4.48. The van der Waals surface area contributed by atoms with Gasteiger partial charge in [-0.3, -0.25) is 0 Å². The average molecular weight is 281 g/mol. The van der Waals surface area contributed by atoms with Crippen molar-refractivity contribution in [2.24, 2.45) is 11.8 Å². The zero-order valence-corrected chi connectivity index (χ0v) is 13.9. The fourth-order valence-electron chi connectivity index (χ4n) is 3.84. The third kappa shape index (κ3) is 5.04. The van der Waals surface area contributed by atoms with Gasteiger partial charge in [0.15, 0.2) is 0 Å². The summed E-state index contributed by atoms with van der Waals surface area (Å²) in [6, 6.07) is 0. The van der Waals surface area contributed by atoms with Gasteiger partial charge in [0.1, 0.15) is 0 Å². The fraction of sp³-hybridized carbons (Fsp3) is 1.00. The zero-order valence-electron chi connectivity index (χ0n) is 13.9. The number of rotatable bonds is 6. The molecular weight excluding hydrogens is 246 g/mol. The summed E-state index contributed by atoms with van der Waals surface area (Å²) in [6.07, 6.45) is 11.9. The van der Waals surface area contributed by atoms with Gasteiger partial charge in [0.25, 0.3) is 0 Å². The lowest BCUT2D eigenvalue weighted by molar-refractivity contribution is -0.0380. The van der Waals surface area contributed by atoms with Crippen molar-refractivity contribution in [2.75, 3.05) is 19.6 Å². The summed E-state index contributed by atoms with van der Waals surface area (Å²) in [5, 5.41) is 0. The maximum Gasteiger partial charge on any atom is 0.0603 e. The number of likely N-dealkylation sites (tertiary alicyclic amines) is 1. The standard InChI is InChI=1S/C18H35NO/c1-4-15(3)20-18-10-12-19(13-11-18)14-17-8-6-16(5-2)7-9-17/h15-18H,4-14H2,1-3H3. The molecule has 0 radical (unpaired) electrons. The van der Waals surface area contributed by atoms with Crippen molar-refractivity contribution >= 4 is 0 Å². The number of hydrogen-bond donors (Lipinski definition) is 0. The van der Waals surface area contributed by atoms with Crippen LogP contribution >= 0.6 is 0 Å². The van der Waals surface area contributed by atoms with E-state index in [4.69, 9.17) is 4.74 Å². The molecule has 0 aromatic rings. The molecule has 0 N–H and O–H groups in total. The van der Waals surface area contributed by atoms with Crippen molar-refractivity contribution in [3.8, 4) is 0 Å². The molecule has 2 aliphatic rings. The van der Waals surface area contributed by atoms with Crippen molar-refractivity contribution in [3.05, 3.63) is 0 Å². The van der Waals surface area contributed by atoms with Crippen molar-refractivity contribution in [1.29, 1.82) is 0 Å². The highest BCUT2D eigenvalue weighted by molar-refractivity contribution is 4.78. The van der Waals surface area contributed by atoms with Gasteiger partial charge in [0, 0.05) is 19.6 Å². The molecule has 0 aromatic carbocycles. The topological polar surface area (TPSA) is 12.5 Å². The third-order valence-corrected chi connectivity index (χ3v) is 5.59. The summed E-state index contributed by atoms with van der Waals surface area (Å²) in [4.78, 5) is 2.70. The molecule has 1 heterocycles. The second-order valence-electron chi connectivity index (χ2n) is 7.15. The van der Waals surface area contributed by atoms with Crippen molar-refractivity contribution in [1.82, 2.24) is 4.90 Å². The van der Waals surface area contributed by atoms with E-state index in [1.807, 2.05) is 0 Å². The van der Waals surface area contributed by atoms with Crippen LogP contribution in [0.2, 0.25) is 0 Å².